The first-order valence-corrected chi connectivity index (χ1v) is 7.57. The van der Waals surface area contributed by atoms with Crippen LogP contribution in [0.5, 0.6) is 0 Å². The summed E-state index contributed by atoms with van der Waals surface area (Å²) >= 11 is 0. The zero-order valence-electron chi connectivity index (χ0n) is 13.5. The molecule has 0 aliphatic heterocycles. The van der Waals surface area contributed by atoms with Crippen LogP contribution in [-0.2, 0) is 9.59 Å². The van der Waals surface area contributed by atoms with E-state index in [-0.39, 0.29) is 50.0 Å². The number of nitrogens with two attached hydrogens (primary N) is 2. The molecule has 2 atom stereocenters. The van der Waals surface area contributed by atoms with E-state index in [1.54, 1.807) is 6.08 Å². The molecule has 8 nitrogen and oxygen atoms in total. The van der Waals surface area contributed by atoms with Crippen LogP contribution in [0.3, 0.4) is 0 Å². The maximum absolute atomic E-state index is 11.6. The summed E-state index contributed by atoms with van der Waals surface area (Å²) in [6.07, 6.45) is 3.47. The third-order valence-electron chi connectivity index (χ3n) is 2.79. The Morgan fingerprint density at radius 2 is 2.09 bits per heavy atom. The molecule has 2 amide bonds. The van der Waals surface area contributed by atoms with E-state index in [0.29, 0.717) is 0 Å². The minimum absolute atomic E-state index is 0.00333. The van der Waals surface area contributed by atoms with Crippen molar-refractivity contribution in [3.8, 4) is 0 Å². The number of aliphatic hydroxyl groups is 1. The zero-order valence-corrected chi connectivity index (χ0v) is 13.5. The first-order valence-electron chi connectivity index (χ1n) is 7.57. The molecule has 0 rings (SSSR count). The minimum atomic E-state index is -0.831. The number of hydrogen-bond acceptors (Lipinski definition) is 5. The van der Waals surface area contributed by atoms with Gasteiger partial charge in [0.1, 0.15) is 0 Å². The van der Waals surface area contributed by atoms with Gasteiger partial charge in [-0.3, -0.25) is 15.0 Å². The molecule has 0 fully saturated rings. The van der Waals surface area contributed by atoms with Crippen LogP contribution in [0.25, 0.3) is 0 Å². The Balaban J connectivity index is 3.94. The van der Waals surface area contributed by atoms with E-state index in [9.17, 15) is 14.7 Å². The fourth-order valence-electron chi connectivity index (χ4n) is 1.68. The fourth-order valence-corrected chi connectivity index (χ4v) is 1.68. The van der Waals surface area contributed by atoms with Crippen LogP contribution in [0, 0.1) is 5.41 Å². The Morgan fingerprint density at radius 1 is 1.39 bits per heavy atom. The fraction of sp³-hybridized carbons (Fsp3) is 0.600. The topological polar surface area (TPSA) is 154 Å². The minimum Gasteiger partial charge on any atom is -0.391 e. The predicted molar refractivity (Wildman–Crippen MR) is 88.7 cm³/mol. The van der Waals surface area contributed by atoms with Gasteiger partial charge in [-0.05, 0) is 18.9 Å². The molecule has 0 bridgehead atoms. The van der Waals surface area contributed by atoms with Gasteiger partial charge in [0.05, 0.1) is 11.9 Å². The summed E-state index contributed by atoms with van der Waals surface area (Å²) in [4.78, 5) is 22.9. The Kier molecular flexibility index (Phi) is 11.2. The van der Waals surface area contributed by atoms with E-state index in [1.807, 2.05) is 6.92 Å². The van der Waals surface area contributed by atoms with Gasteiger partial charge in [-0.25, -0.2) is 0 Å². The second-order valence-corrected chi connectivity index (χ2v) is 5.15. The van der Waals surface area contributed by atoms with E-state index in [2.05, 4.69) is 16.4 Å². The average molecular weight is 325 g/mol. The van der Waals surface area contributed by atoms with Crippen LogP contribution in [0.1, 0.15) is 32.6 Å². The highest BCUT2D eigenvalue weighted by Crippen LogP contribution is 2.00. The molecule has 0 radical (unpaired) electrons. The van der Waals surface area contributed by atoms with Crippen LogP contribution < -0.4 is 22.1 Å². The molecule has 0 aliphatic rings. The first kappa shape index (κ1) is 20.9. The van der Waals surface area contributed by atoms with Crippen molar-refractivity contribution in [3.63, 3.8) is 0 Å². The highest BCUT2D eigenvalue weighted by Gasteiger charge is 2.14. The second-order valence-electron chi connectivity index (χ2n) is 5.15. The van der Waals surface area contributed by atoms with Gasteiger partial charge in [0.25, 0.3) is 5.91 Å². The average Bonchev–Trinajstić information content (AvgIpc) is 2.44. The summed E-state index contributed by atoms with van der Waals surface area (Å²) in [5, 5.41) is 21.9. The Bertz CT molecular complexity index is 458. The van der Waals surface area contributed by atoms with Gasteiger partial charge in [-0.1, -0.05) is 6.92 Å². The standard InChI is InChI=1S/C15H27N5O3/c1-2-3-4-5-14(22)20-10-12(21)8-11(16)9-15(23)19-7-6-13(17)18/h3,5,11-12,21H,2,6-10,16H2,1H3,(H3,17,18)(H,19,23)(H,20,22). The third kappa shape index (κ3) is 13.2. The summed E-state index contributed by atoms with van der Waals surface area (Å²) in [5.74, 6) is -0.601. The van der Waals surface area contributed by atoms with Crippen molar-refractivity contribution in [1.82, 2.24) is 10.6 Å². The van der Waals surface area contributed by atoms with Crippen molar-refractivity contribution >= 4 is 17.6 Å². The molecule has 0 aromatic carbocycles. The molecule has 2 unspecified atom stereocenters. The third-order valence-corrected chi connectivity index (χ3v) is 2.79. The van der Waals surface area contributed by atoms with Crippen LogP contribution in [0.4, 0.5) is 0 Å². The van der Waals surface area contributed by atoms with Crippen molar-refractivity contribution < 1.29 is 14.7 Å². The molecular formula is C15H27N5O3. The number of rotatable bonds is 11. The molecule has 0 heterocycles. The summed E-state index contributed by atoms with van der Waals surface area (Å²) in [6, 6.07) is -0.519. The second kappa shape index (κ2) is 12.4. The maximum atomic E-state index is 11.6. The van der Waals surface area contributed by atoms with Gasteiger partial charge >= 0.3 is 0 Å². The lowest BCUT2D eigenvalue weighted by Gasteiger charge is -2.16. The van der Waals surface area contributed by atoms with Crippen molar-refractivity contribution in [2.75, 3.05) is 13.1 Å². The first-order chi connectivity index (χ1) is 10.8. The normalized spacial score (nSPS) is 12.5. The van der Waals surface area contributed by atoms with E-state index in [4.69, 9.17) is 16.9 Å². The monoisotopic (exact) mass is 325 g/mol. The number of amides is 2. The van der Waals surface area contributed by atoms with Gasteiger partial charge in [-0.15, -0.1) is 5.73 Å². The number of carbonyl (C=O) groups excluding carboxylic acids is 2. The lowest BCUT2D eigenvalue weighted by atomic mass is 10.1. The van der Waals surface area contributed by atoms with Crippen LogP contribution in [0.2, 0.25) is 0 Å². The van der Waals surface area contributed by atoms with E-state index < -0.39 is 12.1 Å². The molecular weight excluding hydrogens is 298 g/mol. The zero-order chi connectivity index (χ0) is 17.7. The molecule has 8 heteroatoms. The van der Waals surface area contributed by atoms with Gasteiger partial charge in [-0.2, -0.15) is 0 Å². The van der Waals surface area contributed by atoms with E-state index in [1.165, 1.54) is 6.08 Å². The van der Waals surface area contributed by atoms with Crippen LogP contribution >= 0.6 is 0 Å². The molecule has 23 heavy (non-hydrogen) atoms. The highest BCUT2D eigenvalue weighted by atomic mass is 16.3. The van der Waals surface area contributed by atoms with Gasteiger partial charge in [0.2, 0.25) is 5.91 Å². The Hall–Kier alpha value is -2.15. The summed E-state index contributed by atoms with van der Waals surface area (Å²) in [5.41, 5.74) is 13.7. The molecule has 0 saturated carbocycles. The SMILES string of the molecule is CCC=C=CC(=O)NCC(O)CC(N)CC(=O)NCCC(=N)N. The van der Waals surface area contributed by atoms with Crippen LogP contribution in [-0.4, -0.2) is 48.0 Å². The number of nitrogens with one attached hydrogen (secondary N) is 3. The maximum Gasteiger partial charge on any atom is 0.251 e. The lowest BCUT2D eigenvalue weighted by Crippen LogP contribution is -2.38. The molecule has 0 aromatic heterocycles. The molecule has 0 spiro atoms. The predicted octanol–water partition coefficient (Wildman–Crippen LogP) is -0.865. The lowest BCUT2D eigenvalue weighted by molar-refractivity contribution is -0.121. The Labute approximate surface area is 136 Å². The van der Waals surface area contributed by atoms with Gasteiger partial charge in [0, 0.05) is 38.0 Å². The van der Waals surface area contributed by atoms with Crippen molar-refractivity contribution in [2.45, 2.75) is 44.8 Å². The smallest absolute Gasteiger partial charge is 0.251 e. The van der Waals surface area contributed by atoms with Crippen molar-refractivity contribution in [1.29, 1.82) is 5.41 Å². The summed E-state index contributed by atoms with van der Waals surface area (Å²) in [7, 11) is 0. The summed E-state index contributed by atoms with van der Waals surface area (Å²) in [6.45, 7) is 2.28. The quantitative estimate of drug-likeness (QED) is 0.126. The van der Waals surface area contributed by atoms with Crippen molar-refractivity contribution in [3.05, 3.63) is 17.9 Å². The number of carbonyl (C=O) groups is 2. The molecule has 130 valence electrons. The number of amidine groups is 1. The van der Waals surface area contributed by atoms with Crippen LogP contribution in [0.15, 0.2) is 17.9 Å². The number of hydrogen-bond donors (Lipinski definition) is 6. The highest BCUT2D eigenvalue weighted by molar-refractivity contribution is 5.87. The Morgan fingerprint density at radius 3 is 2.70 bits per heavy atom. The molecule has 0 aromatic rings. The summed E-state index contributed by atoms with van der Waals surface area (Å²) < 4.78 is 0. The van der Waals surface area contributed by atoms with Gasteiger partial charge < -0.3 is 27.2 Å². The molecule has 0 aliphatic carbocycles. The molecule has 0 saturated heterocycles. The van der Waals surface area contributed by atoms with E-state index in [0.717, 1.165) is 6.42 Å². The van der Waals surface area contributed by atoms with Gasteiger partial charge in [0.15, 0.2) is 0 Å². The number of aliphatic hydroxyl groups excluding tert-OH is 1. The van der Waals surface area contributed by atoms with E-state index >= 15 is 0 Å². The van der Waals surface area contributed by atoms with Crippen molar-refractivity contribution in [2.24, 2.45) is 11.5 Å². The molecule has 8 N–H and O–H groups in total. The largest absolute Gasteiger partial charge is 0.391 e.